The standard InChI is InChI=1S/C13H16BrN5O/c1-3-19-9-10(6-17-19)4-5-13(20)15-8-12-11(14)7-16-18(12)2/h4-7,9H,3,8H2,1-2H3,(H,15,20)/b5-4+. The highest BCUT2D eigenvalue weighted by molar-refractivity contribution is 9.10. The first-order valence-corrected chi connectivity index (χ1v) is 7.04. The summed E-state index contributed by atoms with van der Waals surface area (Å²) in [7, 11) is 1.83. The second-order valence-electron chi connectivity index (χ2n) is 4.24. The van der Waals surface area contributed by atoms with E-state index in [1.807, 2.05) is 24.9 Å². The summed E-state index contributed by atoms with van der Waals surface area (Å²) < 4.78 is 4.41. The van der Waals surface area contributed by atoms with Crippen LogP contribution < -0.4 is 5.32 Å². The Balaban J connectivity index is 1.89. The Bertz CT molecular complexity index is 609. The van der Waals surface area contributed by atoms with Gasteiger partial charge in [-0.05, 0) is 28.9 Å². The van der Waals surface area contributed by atoms with E-state index in [0.717, 1.165) is 22.3 Å². The van der Waals surface area contributed by atoms with Crippen molar-refractivity contribution in [2.45, 2.75) is 20.0 Å². The molecule has 6 nitrogen and oxygen atoms in total. The molecule has 0 saturated heterocycles. The van der Waals surface area contributed by atoms with Crippen molar-refractivity contribution < 1.29 is 4.79 Å². The summed E-state index contributed by atoms with van der Waals surface area (Å²) in [5.74, 6) is -0.151. The van der Waals surface area contributed by atoms with Crippen LogP contribution in [-0.4, -0.2) is 25.5 Å². The number of nitrogens with one attached hydrogen (secondary N) is 1. The van der Waals surface area contributed by atoms with Crippen LogP contribution in [0.3, 0.4) is 0 Å². The predicted octanol–water partition coefficient (Wildman–Crippen LogP) is 1.73. The van der Waals surface area contributed by atoms with Crippen molar-refractivity contribution in [2.75, 3.05) is 0 Å². The van der Waals surface area contributed by atoms with E-state index in [4.69, 9.17) is 0 Å². The van der Waals surface area contributed by atoms with E-state index in [0.29, 0.717) is 6.54 Å². The zero-order valence-electron chi connectivity index (χ0n) is 11.4. The molecule has 0 aliphatic heterocycles. The van der Waals surface area contributed by atoms with Crippen molar-refractivity contribution in [1.29, 1.82) is 0 Å². The molecule has 20 heavy (non-hydrogen) atoms. The first-order chi connectivity index (χ1) is 9.60. The lowest BCUT2D eigenvalue weighted by Crippen LogP contribution is -2.22. The number of aromatic nitrogens is 4. The maximum atomic E-state index is 11.7. The second kappa shape index (κ2) is 6.51. The molecule has 106 valence electrons. The first-order valence-electron chi connectivity index (χ1n) is 6.25. The number of halogens is 1. The van der Waals surface area contributed by atoms with Gasteiger partial charge in [-0.15, -0.1) is 0 Å². The smallest absolute Gasteiger partial charge is 0.244 e. The summed E-state index contributed by atoms with van der Waals surface area (Å²) in [6.07, 6.45) is 8.57. The number of carbonyl (C=O) groups excluding carboxylic acids is 1. The number of hydrogen-bond donors (Lipinski definition) is 1. The summed E-state index contributed by atoms with van der Waals surface area (Å²) in [4.78, 5) is 11.7. The van der Waals surface area contributed by atoms with Crippen LogP contribution in [0.1, 0.15) is 18.2 Å². The van der Waals surface area contributed by atoms with E-state index < -0.39 is 0 Å². The van der Waals surface area contributed by atoms with Crippen LogP contribution in [0.2, 0.25) is 0 Å². The molecule has 2 aromatic heterocycles. The van der Waals surface area contributed by atoms with Gasteiger partial charge >= 0.3 is 0 Å². The third kappa shape index (κ3) is 3.57. The molecule has 2 heterocycles. The van der Waals surface area contributed by atoms with E-state index in [-0.39, 0.29) is 5.91 Å². The minimum Gasteiger partial charge on any atom is -0.347 e. The number of hydrogen-bond acceptors (Lipinski definition) is 3. The Morgan fingerprint density at radius 1 is 1.45 bits per heavy atom. The topological polar surface area (TPSA) is 64.7 Å². The summed E-state index contributed by atoms with van der Waals surface area (Å²) in [5.41, 5.74) is 1.83. The lowest BCUT2D eigenvalue weighted by molar-refractivity contribution is -0.116. The molecule has 0 saturated carbocycles. The van der Waals surface area contributed by atoms with E-state index in [1.54, 1.807) is 23.2 Å². The van der Waals surface area contributed by atoms with E-state index in [1.165, 1.54) is 6.08 Å². The van der Waals surface area contributed by atoms with E-state index in [9.17, 15) is 4.79 Å². The van der Waals surface area contributed by atoms with Gasteiger partial charge in [0.15, 0.2) is 0 Å². The average Bonchev–Trinajstić information content (AvgIpc) is 3.02. The molecule has 0 bridgehead atoms. The van der Waals surface area contributed by atoms with Gasteiger partial charge in [-0.25, -0.2) is 0 Å². The monoisotopic (exact) mass is 337 g/mol. The van der Waals surface area contributed by atoms with Gasteiger partial charge < -0.3 is 5.32 Å². The molecule has 0 spiro atoms. The largest absolute Gasteiger partial charge is 0.347 e. The molecule has 0 aliphatic carbocycles. The molecule has 2 aromatic rings. The normalized spacial score (nSPS) is 11.2. The molecule has 0 unspecified atom stereocenters. The van der Waals surface area contributed by atoms with Crippen LogP contribution >= 0.6 is 15.9 Å². The SMILES string of the molecule is CCn1cc(/C=C/C(=O)NCc2c(Br)cnn2C)cn1. The Morgan fingerprint density at radius 2 is 2.25 bits per heavy atom. The summed E-state index contributed by atoms with van der Waals surface area (Å²) in [6, 6.07) is 0. The highest BCUT2D eigenvalue weighted by Crippen LogP contribution is 2.14. The van der Waals surface area contributed by atoms with Crippen LogP contribution in [0.25, 0.3) is 6.08 Å². The Kier molecular flexibility index (Phi) is 4.73. The molecule has 1 N–H and O–H groups in total. The molecule has 0 aromatic carbocycles. The molecule has 0 atom stereocenters. The van der Waals surface area contributed by atoms with Gasteiger partial charge in [0, 0.05) is 31.4 Å². The van der Waals surface area contributed by atoms with Gasteiger partial charge in [0.1, 0.15) is 0 Å². The molecule has 1 amide bonds. The van der Waals surface area contributed by atoms with Crippen molar-refractivity contribution in [2.24, 2.45) is 7.05 Å². The number of rotatable bonds is 5. The van der Waals surface area contributed by atoms with E-state index >= 15 is 0 Å². The summed E-state index contributed by atoms with van der Waals surface area (Å²) in [6.45, 7) is 3.25. The maximum absolute atomic E-state index is 11.7. The molecular weight excluding hydrogens is 322 g/mol. The van der Waals surface area contributed by atoms with Crippen molar-refractivity contribution in [1.82, 2.24) is 24.9 Å². The van der Waals surface area contributed by atoms with Gasteiger partial charge in [0.25, 0.3) is 0 Å². The zero-order chi connectivity index (χ0) is 14.5. The maximum Gasteiger partial charge on any atom is 0.244 e. The lowest BCUT2D eigenvalue weighted by atomic mass is 10.3. The third-order valence-electron chi connectivity index (χ3n) is 2.85. The lowest BCUT2D eigenvalue weighted by Gasteiger charge is -2.03. The van der Waals surface area contributed by atoms with Crippen molar-refractivity contribution >= 4 is 27.9 Å². The average molecular weight is 338 g/mol. The third-order valence-corrected chi connectivity index (χ3v) is 3.51. The van der Waals surface area contributed by atoms with Crippen LogP contribution in [0.15, 0.2) is 29.1 Å². The minimum absolute atomic E-state index is 0.151. The number of amides is 1. The van der Waals surface area contributed by atoms with Crippen molar-refractivity contribution in [3.05, 3.63) is 40.4 Å². The Labute approximate surface area is 125 Å². The molecule has 2 rings (SSSR count). The Hall–Kier alpha value is -1.89. The van der Waals surface area contributed by atoms with Gasteiger partial charge in [-0.3, -0.25) is 14.2 Å². The zero-order valence-corrected chi connectivity index (χ0v) is 13.0. The van der Waals surface area contributed by atoms with Gasteiger partial charge in [0.2, 0.25) is 5.91 Å². The van der Waals surface area contributed by atoms with Gasteiger partial charge in [-0.2, -0.15) is 10.2 Å². The molecule has 0 aliphatic rings. The summed E-state index contributed by atoms with van der Waals surface area (Å²) in [5, 5.41) is 11.0. The quantitative estimate of drug-likeness (QED) is 0.845. The molecule has 7 heteroatoms. The van der Waals surface area contributed by atoms with E-state index in [2.05, 4.69) is 31.4 Å². The fourth-order valence-electron chi connectivity index (χ4n) is 1.68. The number of carbonyl (C=O) groups is 1. The van der Waals surface area contributed by atoms with Gasteiger partial charge in [-0.1, -0.05) is 0 Å². The number of nitrogens with zero attached hydrogens (tertiary/aromatic N) is 4. The second-order valence-corrected chi connectivity index (χ2v) is 5.10. The van der Waals surface area contributed by atoms with Gasteiger partial charge in [0.05, 0.1) is 29.1 Å². The fraction of sp³-hybridized carbons (Fsp3) is 0.308. The highest BCUT2D eigenvalue weighted by Gasteiger charge is 2.06. The van der Waals surface area contributed by atoms with Crippen LogP contribution in [0, 0.1) is 0 Å². The van der Waals surface area contributed by atoms with Crippen molar-refractivity contribution in [3.63, 3.8) is 0 Å². The van der Waals surface area contributed by atoms with Crippen molar-refractivity contribution in [3.8, 4) is 0 Å². The van der Waals surface area contributed by atoms with Crippen LogP contribution in [-0.2, 0) is 24.9 Å². The first kappa shape index (κ1) is 14.5. The fourth-order valence-corrected chi connectivity index (χ4v) is 2.16. The van der Waals surface area contributed by atoms with Crippen LogP contribution in [0.5, 0.6) is 0 Å². The molecule has 0 fully saturated rings. The number of aryl methyl sites for hydroxylation is 2. The molecular formula is C13H16BrN5O. The summed E-state index contributed by atoms with van der Waals surface area (Å²) >= 11 is 3.39. The Morgan fingerprint density at radius 3 is 2.85 bits per heavy atom. The molecule has 0 radical (unpaired) electrons. The minimum atomic E-state index is -0.151. The van der Waals surface area contributed by atoms with Crippen LogP contribution in [0.4, 0.5) is 0 Å². The predicted molar refractivity (Wildman–Crippen MR) is 79.7 cm³/mol. The highest BCUT2D eigenvalue weighted by atomic mass is 79.9.